The molecule has 5 aromatic carbocycles. The maximum absolute atomic E-state index is 15.1. The highest BCUT2D eigenvalue weighted by molar-refractivity contribution is 9.11. The van der Waals surface area contributed by atoms with E-state index in [1.54, 1.807) is 0 Å². The topological polar surface area (TPSA) is 130 Å². The molecule has 0 fully saturated rings. The van der Waals surface area contributed by atoms with E-state index < -0.39 is 0 Å². The molecule has 0 saturated carbocycles. The van der Waals surface area contributed by atoms with Gasteiger partial charge < -0.3 is 21.1 Å². The number of aromatic nitrogens is 2. The van der Waals surface area contributed by atoms with Crippen LogP contribution in [0, 0.1) is 0 Å². The molecule has 0 aliphatic rings. The highest BCUT2D eigenvalue weighted by Crippen LogP contribution is 2.57. The lowest BCUT2D eigenvalue weighted by atomic mass is 9.84. The van der Waals surface area contributed by atoms with Gasteiger partial charge in [-0.3, -0.25) is 28.5 Å². The summed E-state index contributed by atoms with van der Waals surface area (Å²) in [5.41, 5.74) is 0.993. The van der Waals surface area contributed by atoms with Crippen molar-refractivity contribution in [2.24, 2.45) is 4.99 Å². The Labute approximate surface area is 395 Å². The molecule has 0 atom stereocenters. The molecule has 0 aliphatic carbocycles. The van der Waals surface area contributed by atoms with Crippen LogP contribution in [0.4, 0.5) is 17.1 Å². The lowest BCUT2D eigenvalue weighted by molar-refractivity contribution is 0.409. The fourth-order valence-electron chi connectivity index (χ4n) is 9.10. The number of nitrogens with one attached hydrogen (secondary N) is 3. The molecular formula is C48H58Br4N6O4. The molecule has 0 spiro atoms. The number of aromatic hydroxyl groups is 1. The van der Waals surface area contributed by atoms with Crippen LogP contribution in [0.5, 0.6) is 5.88 Å². The molecule has 14 heteroatoms. The summed E-state index contributed by atoms with van der Waals surface area (Å²) >= 11 is 16.5. The van der Waals surface area contributed by atoms with Gasteiger partial charge >= 0.3 is 0 Å². The maximum atomic E-state index is 15.1. The first-order valence-electron chi connectivity index (χ1n) is 22.7. The fourth-order valence-corrected chi connectivity index (χ4v) is 12.0. The minimum absolute atomic E-state index is 0.104. The molecule has 7 aromatic rings. The summed E-state index contributed by atoms with van der Waals surface area (Å²) in [5.74, 6) is -0.104. The van der Waals surface area contributed by atoms with Gasteiger partial charge in [0.05, 0.1) is 61.9 Å². The first-order valence-corrected chi connectivity index (χ1v) is 25.9. The number of rotatable bonds is 21. The third-order valence-corrected chi connectivity index (χ3v) is 15.5. The maximum Gasteiger partial charge on any atom is 0.263 e. The second-order valence-corrected chi connectivity index (χ2v) is 19.7. The summed E-state index contributed by atoms with van der Waals surface area (Å²) in [6.45, 7) is 15.7. The van der Waals surface area contributed by atoms with Crippen molar-refractivity contribution in [1.82, 2.24) is 9.13 Å². The number of benzene rings is 5. The smallest absolute Gasteiger partial charge is 0.263 e. The highest BCUT2D eigenvalue weighted by atomic mass is 79.9. The van der Waals surface area contributed by atoms with Crippen molar-refractivity contribution < 1.29 is 5.11 Å². The molecule has 0 aliphatic heterocycles. The van der Waals surface area contributed by atoms with Crippen LogP contribution >= 0.6 is 63.7 Å². The van der Waals surface area contributed by atoms with Gasteiger partial charge in [0, 0.05) is 82.4 Å². The minimum atomic E-state index is -0.321. The van der Waals surface area contributed by atoms with Gasteiger partial charge in [0.2, 0.25) is 5.88 Å². The first kappa shape index (κ1) is 46.8. The van der Waals surface area contributed by atoms with Crippen LogP contribution in [-0.2, 0) is 13.1 Å². The zero-order valence-corrected chi connectivity index (χ0v) is 43.1. The summed E-state index contributed by atoms with van der Waals surface area (Å²) in [6.07, 6.45) is 10.3. The van der Waals surface area contributed by atoms with Crippen LogP contribution in [0.1, 0.15) is 119 Å². The van der Waals surface area contributed by atoms with Gasteiger partial charge in [-0.2, -0.15) is 0 Å². The van der Waals surface area contributed by atoms with Crippen LogP contribution in [0.3, 0.4) is 0 Å². The van der Waals surface area contributed by atoms with Crippen LogP contribution in [-0.4, -0.2) is 40.4 Å². The second kappa shape index (κ2) is 19.9. The number of fused-ring (bicyclic) bond motifs is 2. The molecule has 0 bridgehead atoms. The number of anilines is 3. The summed E-state index contributed by atoms with van der Waals surface area (Å²) < 4.78 is 5.69. The normalized spacial score (nSPS) is 12.6. The predicted octanol–water partition coefficient (Wildman–Crippen LogP) is 13.3. The monoisotopic (exact) mass is 1100 g/mol. The standard InChI is InChI=1S/C48H58Br4N6O4/c1-7-13-19-53-41-33-27-25-29(37(41)49)30-26-28-35(43(38(30)50)55-21-15-9-3)47(61)58(24-18-12-6)48(62)36(28)44(56-22-16-10-4)40(52)32(26)31(25)39(51)42(54-20-14-8-2)34(27)46(60)57(45(33)59)23-17-11-5/h53-55,62H,7-24H2,1-6H3. The van der Waals surface area contributed by atoms with E-state index in [-0.39, 0.29) is 22.6 Å². The lowest BCUT2D eigenvalue weighted by Crippen LogP contribution is -2.34. The van der Waals surface area contributed by atoms with E-state index in [1.807, 2.05) is 0 Å². The molecule has 0 saturated heterocycles. The summed E-state index contributed by atoms with van der Waals surface area (Å²) in [6, 6.07) is 0. The zero-order chi connectivity index (χ0) is 44.6. The van der Waals surface area contributed by atoms with Crippen LogP contribution in [0.2, 0.25) is 0 Å². The number of halogens is 4. The second-order valence-electron chi connectivity index (χ2n) is 16.6. The Kier molecular flexibility index (Phi) is 15.0. The van der Waals surface area contributed by atoms with E-state index >= 15 is 14.4 Å². The molecule has 0 amide bonds. The van der Waals surface area contributed by atoms with Crippen LogP contribution in [0.15, 0.2) is 37.3 Å². The van der Waals surface area contributed by atoms with Gasteiger partial charge in [0.25, 0.3) is 16.7 Å². The van der Waals surface area contributed by atoms with Crippen molar-refractivity contribution in [1.29, 1.82) is 0 Å². The van der Waals surface area contributed by atoms with E-state index in [1.165, 1.54) is 9.13 Å². The number of unbranched alkanes of at least 4 members (excludes halogenated alkanes) is 6. The predicted molar refractivity (Wildman–Crippen MR) is 278 cm³/mol. The number of pyridine rings is 2. The van der Waals surface area contributed by atoms with E-state index in [2.05, 4.69) is 121 Å². The Balaban J connectivity index is 1.91. The lowest BCUT2D eigenvalue weighted by Gasteiger charge is -2.27. The molecule has 62 heavy (non-hydrogen) atoms. The Morgan fingerprint density at radius 3 is 1.18 bits per heavy atom. The van der Waals surface area contributed by atoms with Crippen molar-refractivity contribution in [2.75, 3.05) is 42.1 Å². The Bertz CT molecular complexity index is 3020. The molecule has 332 valence electrons. The molecular weight excluding hydrogens is 1040 g/mol. The van der Waals surface area contributed by atoms with Crippen molar-refractivity contribution in [3.63, 3.8) is 0 Å². The highest BCUT2D eigenvalue weighted by Gasteiger charge is 2.34. The summed E-state index contributed by atoms with van der Waals surface area (Å²) in [5, 5.41) is 31.9. The van der Waals surface area contributed by atoms with E-state index in [0.717, 1.165) is 96.5 Å². The van der Waals surface area contributed by atoms with Gasteiger partial charge in [-0.1, -0.05) is 80.1 Å². The van der Waals surface area contributed by atoms with Gasteiger partial charge in [0.1, 0.15) is 0 Å². The average molecular weight is 1100 g/mol. The van der Waals surface area contributed by atoms with E-state index in [4.69, 9.17) is 4.99 Å². The Hall–Kier alpha value is -3.20. The van der Waals surface area contributed by atoms with Crippen molar-refractivity contribution in [2.45, 2.75) is 132 Å². The molecule has 0 radical (unpaired) electrons. The van der Waals surface area contributed by atoms with Gasteiger partial charge in [0.15, 0.2) is 0 Å². The zero-order valence-electron chi connectivity index (χ0n) is 36.8. The van der Waals surface area contributed by atoms with Crippen molar-refractivity contribution in [3.05, 3.63) is 54.3 Å². The van der Waals surface area contributed by atoms with Gasteiger partial charge in [-0.15, -0.1) is 0 Å². The molecule has 10 nitrogen and oxygen atoms in total. The SMILES string of the molecule is CCCCN=c1c(Br)c2c3c(Br)c(NCCCC)c4c(=O)n(CCCC)c(=O)c5c(NCCCC)c(Br)c(c6c(Br)c(NCCCC)c7c(=O)n(CCCC)c(O)c1c7c62)c3c54. The third-order valence-electron chi connectivity index (χ3n) is 12.3. The summed E-state index contributed by atoms with van der Waals surface area (Å²) in [7, 11) is 0. The molecule has 2 heterocycles. The fraction of sp³-hybridized carbons (Fsp3) is 0.500. The van der Waals surface area contributed by atoms with Gasteiger partial charge in [-0.05, 0) is 102 Å². The van der Waals surface area contributed by atoms with Crippen LogP contribution < -0.4 is 38.0 Å². The first-order chi connectivity index (χ1) is 30.0. The van der Waals surface area contributed by atoms with E-state index in [0.29, 0.717) is 125 Å². The molecule has 7 rings (SSSR count). The van der Waals surface area contributed by atoms with Gasteiger partial charge in [-0.25, -0.2) is 0 Å². The summed E-state index contributed by atoms with van der Waals surface area (Å²) in [4.78, 5) is 50.5. The number of nitrogens with zero attached hydrogens (tertiary/aromatic N) is 3. The molecule has 4 N–H and O–H groups in total. The van der Waals surface area contributed by atoms with E-state index in [9.17, 15) is 5.11 Å². The Morgan fingerprint density at radius 2 is 0.774 bits per heavy atom. The molecule has 2 aromatic heterocycles. The minimum Gasteiger partial charge on any atom is -0.494 e. The van der Waals surface area contributed by atoms with Crippen molar-refractivity contribution in [3.8, 4) is 5.88 Å². The average Bonchev–Trinajstić information content (AvgIpc) is 3.25. The third kappa shape index (κ3) is 7.57. The largest absolute Gasteiger partial charge is 0.494 e. The molecule has 0 unspecified atom stereocenters. The van der Waals surface area contributed by atoms with Crippen molar-refractivity contribution >= 4 is 145 Å². The quantitative estimate of drug-likeness (QED) is 0.0320. The Morgan fingerprint density at radius 1 is 0.435 bits per heavy atom. The number of hydrogen-bond donors (Lipinski definition) is 4. The number of hydrogen-bond acceptors (Lipinski definition) is 8. The van der Waals surface area contributed by atoms with Crippen LogP contribution in [0.25, 0.3) is 64.6 Å².